The molecule has 0 radical (unpaired) electrons. The summed E-state index contributed by atoms with van der Waals surface area (Å²) in [6.45, 7) is 4.64. The summed E-state index contributed by atoms with van der Waals surface area (Å²) in [5.74, 6) is 2.05. The summed E-state index contributed by atoms with van der Waals surface area (Å²) in [4.78, 5) is 1.55. The zero-order valence-electron chi connectivity index (χ0n) is 13.1. The minimum absolute atomic E-state index is 0.610. The lowest BCUT2D eigenvalue weighted by molar-refractivity contribution is 0.143. The fraction of sp³-hybridized carbons (Fsp3) is 0.684. The van der Waals surface area contributed by atoms with Crippen LogP contribution in [0.25, 0.3) is 0 Å². The summed E-state index contributed by atoms with van der Waals surface area (Å²) >= 11 is 2.15. The van der Waals surface area contributed by atoms with Gasteiger partial charge in [0, 0.05) is 16.7 Å². The SMILES string of the molecule is CCNCC1(CC2Cc3ccccc3S2)CC2CCC1C2. The molecule has 4 unspecified atom stereocenters. The molecule has 2 fully saturated rings. The molecule has 2 bridgehead atoms. The predicted molar refractivity (Wildman–Crippen MR) is 90.8 cm³/mol. The lowest BCUT2D eigenvalue weighted by Gasteiger charge is -2.40. The van der Waals surface area contributed by atoms with Gasteiger partial charge in [-0.3, -0.25) is 0 Å². The van der Waals surface area contributed by atoms with Gasteiger partial charge in [0.05, 0.1) is 0 Å². The number of hydrogen-bond acceptors (Lipinski definition) is 2. The largest absolute Gasteiger partial charge is 0.316 e. The molecule has 1 N–H and O–H groups in total. The summed E-state index contributed by atoms with van der Waals surface area (Å²) in [5, 5.41) is 4.52. The van der Waals surface area contributed by atoms with E-state index in [9.17, 15) is 0 Å². The lowest BCUT2D eigenvalue weighted by Crippen LogP contribution is -2.40. The van der Waals surface area contributed by atoms with Gasteiger partial charge in [-0.15, -0.1) is 11.8 Å². The third-order valence-corrected chi connectivity index (χ3v) is 7.50. The Kier molecular flexibility index (Phi) is 3.79. The molecule has 4 atom stereocenters. The number of nitrogens with one attached hydrogen (secondary N) is 1. The molecule has 1 aromatic carbocycles. The third-order valence-electron chi connectivity index (χ3n) is 6.18. The Hall–Kier alpha value is -0.470. The van der Waals surface area contributed by atoms with Crippen molar-refractivity contribution in [3.63, 3.8) is 0 Å². The van der Waals surface area contributed by atoms with Crippen molar-refractivity contribution in [2.24, 2.45) is 17.3 Å². The summed E-state index contributed by atoms with van der Waals surface area (Å²) in [5.41, 5.74) is 2.20. The molecule has 2 aliphatic carbocycles. The maximum absolute atomic E-state index is 3.70. The van der Waals surface area contributed by atoms with Gasteiger partial charge in [0.1, 0.15) is 0 Å². The van der Waals surface area contributed by atoms with Gasteiger partial charge in [-0.2, -0.15) is 0 Å². The molecular formula is C19H27NS. The highest BCUT2D eigenvalue weighted by molar-refractivity contribution is 8.00. The van der Waals surface area contributed by atoms with E-state index in [0.29, 0.717) is 5.41 Å². The van der Waals surface area contributed by atoms with Crippen molar-refractivity contribution in [2.45, 2.75) is 55.6 Å². The standard InChI is InChI=1S/C19H27NS/c1-2-20-13-19(11-14-7-8-16(19)9-14)12-17-10-15-5-3-4-6-18(15)21-17/h3-6,14,16-17,20H,2,7-13H2,1H3. The van der Waals surface area contributed by atoms with Crippen molar-refractivity contribution in [1.29, 1.82) is 0 Å². The Labute approximate surface area is 133 Å². The van der Waals surface area contributed by atoms with Gasteiger partial charge in [-0.05, 0) is 67.5 Å². The monoisotopic (exact) mass is 301 g/mol. The van der Waals surface area contributed by atoms with E-state index in [2.05, 4.69) is 48.3 Å². The van der Waals surface area contributed by atoms with Crippen molar-refractivity contribution in [3.8, 4) is 0 Å². The Morgan fingerprint density at radius 2 is 2.19 bits per heavy atom. The first kappa shape index (κ1) is 14.1. The number of benzene rings is 1. The van der Waals surface area contributed by atoms with Crippen LogP contribution in [0.15, 0.2) is 29.2 Å². The molecule has 114 valence electrons. The summed E-state index contributed by atoms with van der Waals surface area (Å²) in [6, 6.07) is 9.05. The number of rotatable bonds is 5. The Balaban J connectivity index is 1.49. The van der Waals surface area contributed by atoms with Gasteiger partial charge >= 0.3 is 0 Å². The average Bonchev–Trinajstić information content (AvgIpc) is 3.18. The minimum atomic E-state index is 0.610. The molecule has 0 amide bonds. The van der Waals surface area contributed by atoms with Crippen molar-refractivity contribution in [1.82, 2.24) is 5.32 Å². The smallest absolute Gasteiger partial charge is 0.0141 e. The molecule has 1 heterocycles. The number of thioether (sulfide) groups is 1. The topological polar surface area (TPSA) is 12.0 Å². The van der Waals surface area contributed by atoms with E-state index in [4.69, 9.17) is 0 Å². The molecule has 1 aliphatic heterocycles. The second kappa shape index (κ2) is 5.62. The molecule has 2 saturated carbocycles. The number of fused-ring (bicyclic) bond motifs is 3. The maximum atomic E-state index is 3.70. The van der Waals surface area contributed by atoms with Crippen LogP contribution < -0.4 is 5.32 Å². The predicted octanol–water partition coefficient (Wildman–Crippen LogP) is 4.51. The van der Waals surface area contributed by atoms with E-state index < -0.39 is 0 Å². The molecule has 0 aromatic heterocycles. The van der Waals surface area contributed by atoms with Gasteiger partial charge in [0.2, 0.25) is 0 Å². The average molecular weight is 301 g/mol. The third kappa shape index (κ3) is 2.55. The Morgan fingerprint density at radius 1 is 1.29 bits per heavy atom. The highest BCUT2D eigenvalue weighted by Gasteiger charge is 2.51. The van der Waals surface area contributed by atoms with E-state index in [-0.39, 0.29) is 0 Å². The Bertz CT molecular complexity index is 489. The normalized spacial score (nSPS) is 37.1. The van der Waals surface area contributed by atoms with Crippen LogP contribution in [0.1, 0.15) is 44.6 Å². The molecular weight excluding hydrogens is 274 g/mol. The van der Waals surface area contributed by atoms with Crippen molar-refractivity contribution >= 4 is 11.8 Å². The first-order chi connectivity index (χ1) is 10.3. The fourth-order valence-electron chi connectivity index (χ4n) is 5.29. The van der Waals surface area contributed by atoms with Crippen molar-refractivity contribution < 1.29 is 0 Å². The zero-order chi connectivity index (χ0) is 14.3. The summed E-state index contributed by atoms with van der Waals surface area (Å²) < 4.78 is 0. The molecule has 0 saturated heterocycles. The van der Waals surface area contributed by atoms with Crippen LogP contribution in [-0.2, 0) is 6.42 Å². The molecule has 4 rings (SSSR count). The highest BCUT2D eigenvalue weighted by atomic mass is 32.2. The van der Waals surface area contributed by atoms with Gasteiger partial charge in [0.25, 0.3) is 0 Å². The van der Waals surface area contributed by atoms with Crippen molar-refractivity contribution in [2.75, 3.05) is 13.1 Å². The summed E-state index contributed by atoms with van der Waals surface area (Å²) in [7, 11) is 0. The van der Waals surface area contributed by atoms with E-state index >= 15 is 0 Å². The van der Waals surface area contributed by atoms with Crippen LogP contribution in [0.5, 0.6) is 0 Å². The van der Waals surface area contributed by atoms with Crippen molar-refractivity contribution in [3.05, 3.63) is 29.8 Å². The number of hydrogen-bond donors (Lipinski definition) is 1. The molecule has 3 aliphatic rings. The molecule has 1 aromatic rings. The van der Waals surface area contributed by atoms with E-state index in [1.54, 1.807) is 10.5 Å². The van der Waals surface area contributed by atoms with Crippen LogP contribution >= 0.6 is 11.8 Å². The Morgan fingerprint density at radius 3 is 2.90 bits per heavy atom. The second-order valence-electron chi connectivity index (χ2n) is 7.48. The molecule has 0 spiro atoms. The van der Waals surface area contributed by atoms with Gasteiger partial charge in [-0.1, -0.05) is 31.5 Å². The van der Waals surface area contributed by atoms with Crippen LogP contribution in [0.3, 0.4) is 0 Å². The van der Waals surface area contributed by atoms with Crippen LogP contribution in [0.4, 0.5) is 0 Å². The van der Waals surface area contributed by atoms with E-state index in [0.717, 1.165) is 23.6 Å². The highest BCUT2D eigenvalue weighted by Crippen LogP contribution is 2.59. The van der Waals surface area contributed by atoms with Crippen LogP contribution in [-0.4, -0.2) is 18.3 Å². The fourth-order valence-corrected chi connectivity index (χ4v) is 6.79. The first-order valence-corrected chi connectivity index (χ1v) is 9.62. The van der Waals surface area contributed by atoms with E-state index in [1.165, 1.54) is 45.1 Å². The first-order valence-electron chi connectivity index (χ1n) is 8.74. The lowest BCUT2D eigenvalue weighted by atomic mass is 9.69. The zero-order valence-corrected chi connectivity index (χ0v) is 13.9. The minimum Gasteiger partial charge on any atom is -0.316 e. The van der Waals surface area contributed by atoms with Gasteiger partial charge in [0.15, 0.2) is 0 Å². The molecule has 21 heavy (non-hydrogen) atoms. The second-order valence-corrected chi connectivity index (χ2v) is 8.82. The van der Waals surface area contributed by atoms with Crippen LogP contribution in [0, 0.1) is 17.3 Å². The van der Waals surface area contributed by atoms with Crippen LogP contribution in [0.2, 0.25) is 0 Å². The summed E-state index contributed by atoms with van der Waals surface area (Å²) in [6.07, 6.45) is 8.76. The molecule has 1 nitrogen and oxygen atoms in total. The molecule has 2 heteroatoms. The van der Waals surface area contributed by atoms with Gasteiger partial charge in [-0.25, -0.2) is 0 Å². The van der Waals surface area contributed by atoms with Gasteiger partial charge < -0.3 is 5.32 Å². The van der Waals surface area contributed by atoms with E-state index in [1.807, 2.05) is 0 Å². The quantitative estimate of drug-likeness (QED) is 0.859. The maximum Gasteiger partial charge on any atom is 0.0141 e.